The zero-order valence-corrected chi connectivity index (χ0v) is 11.8. The molecule has 0 saturated carbocycles. The van der Waals surface area contributed by atoms with Gasteiger partial charge in [-0.3, -0.25) is 0 Å². The van der Waals surface area contributed by atoms with Crippen molar-refractivity contribution in [2.75, 3.05) is 7.11 Å². The number of hydrogen-bond donors (Lipinski definition) is 1. The van der Waals surface area contributed by atoms with Gasteiger partial charge in [0.1, 0.15) is 5.75 Å². The minimum absolute atomic E-state index is 0.238. The summed E-state index contributed by atoms with van der Waals surface area (Å²) in [4.78, 5) is 10.5. The van der Waals surface area contributed by atoms with Crippen molar-refractivity contribution in [1.82, 2.24) is 0 Å². The van der Waals surface area contributed by atoms with Crippen molar-refractivity contribution in [2.24, 2.45) is 0 Å². The molecule has 1 aromatic carbocycles. The van der Waals surface area contributed by atoms with Crippen LogP contribution in [-0.4, -0.2) is 23.8 Å². The van der Waals surface area contributed by atoms with Crippen LogP contribution >= 0.6 is 0 Å². The highest BCUT2D eigenvalue weighted by molar-refractivity contribution is 5.85. The standard InChI is InChI=1S/C15H20O4/c1-15(2,3)19-10-12-9-11(6-8-14(16)17)5-7-13(12)18-4/h5-9H,10H2,1-4H3,(H,16,17)/b8-6+. The Balaban J connectivity index is 2.93. The normalized spacial score (nSPS) is 11.8. The molecule has 1 rings (SSSR count). The van der Waals surface area contributed by atoms with Gasteiger partial charge < -0.3 is 14.6 Å². The number of carboxylic acid groups (broad SMARTS) is 1. The van der Waals surface area contributed by atoms with Crippen LogP contribution in [0.5, 0.6) is 5.75 Å². The first-order chi connectivity index (χ1) is 8.81. The van der Waals surface area contributed by atoms with Crippen LogP contribution in [0, 0.1) is 0 Å². The van der Waals surface area contributed by atoms with Crippen molar-refractivity contribution in [3.63, 3.8) is 0 Å². The Labute approximate surface area is 113 Å². The predicted octanol–water partition coefficient (Wildman–Crippen LogP) is 3.11. The van der Waals surface area contributed by atoms with E-state index in [0.29, 0.717) is 6.61 Å². The van der Waals surface area contributed by atoms with Gasteiger partial charge in [0.15, 0.2) is 0 Å². The third-order valence-electron chi connectivity index (χ3n) is 2.38. The Morgan fingerprint density at radius 2 is 2.05 bits per heavy atom. The first-order valence-corrected chi connectivity index (χ1v) is 6.04. The van der Waals surface area contributed by atoms with Gasteiger partial charge in [-0.25, -0.2) is 4.79 Å². The number of ether oxygens (including phenoxy) is 2. The summed E-state index contributed by atoms with van der Waals surface area (Å²) in [7, 11) is 1.60. The lowest BCUT2D eigenvalue weighted by Gasteiger charge is -2.20. The average molecular weight is 264 g/mol. The molecule has 0 aliphatic heterocycles. The fourth-order valence-corrected chi connectivity index (χ4v) is 1.48. The third kappa shape index (κ3) is 5.57. The van der Waals surface area contributed by atoms with E-state index in [9.17, 15) is 4.79 Å². The van der Waals surface area contributed by atoms with Crippen molar-refractivity contribution in [1.29, 1.82) is 0 Å². The molecule has 0 radical (unpaired) electrons. The van der Waals surface area contributed by atoms with Crippen molar-refractivity contribution in [3.05, 3.63) is 35.4 Å². The number of rotatable bonds is 5. The van der Waals surface area contributed by atoms with E-state index in [-0.39, 0.29) is 5.60 Å². The highest BCUT2D eigenvalue weighted by Crippen LogP contribution is 2.23. The van der Waals surface area contributed by atoms with Gasteiger partial charge in [0.05, 0.1) is 19.3 Å². The summed E-state index contributed by atoms with van der Waals surface area (Å²) < 4.78 is 11.0. The summed E-state index contributed by atoms with van der Waals surface area (Å²) >= 11 is 0. The van der Waals surface area contributed by atoms with Gasteiger partial charge in [0.25, 0.3) is 0 Å². The molecule has 0 bridgehead atoms. The molecular formula is C15H20O4. The van der Waals surface area contributed by atoms with E-state index in [1.165, 1.54) is 0 Å². The lowest BCUT2D eigenvalue weighted by Crippen LogP contribution is -2.18. The first kappa shape index (κ1) is 15.2. The predicted molar refractivity (Wildman–Crippen MR) is 74.2 cm³/mol. The second-order valence-corrected chi connectivity index (χ2v) is 5.14. The van der Waals surface area contributed by atoms with E-state index in [1.807, 2.05) is 32.9 Å². The summed E-state index contributed by atoms with van der Waals surface area (Å²) in [5.74, 6) is -0.236. The van der Waals surface area contributed by atoms with Crippen LogP contribution in [0.1, 0.15) is 31.9 Å². The van der Waals surface area contributed by atoms with E-state index in [0.717, 1.165) is 23.0 Å². The van der Waals surface area contributed by atoms with E-state index >= 15 is 0 Å². The molecule has 0 atom stereocenters. The number of carbonyl (C=O) groups is 1. The third-order valence-corrected chi connectivity index (χ3v) is 2.38. The Morgan fingerprint density at radius 3 is 2.58 bits per heavy atom. The summed E-state index contributed by atoms with van der Waals surface area (Å²) in [6, 6.07) is 5.48. The van der Waals surface area contributed by atoms with Gasteiger partial charge in [0.2, 0.25) is 0 Å². The molecule has 104 valence electrons. The summed E-state index contributed by atoms with van der Waals surface area (Å²) in [6.45, 7) is 6.36. The molecule has 4 heteroatoms. The van der Waals surface area contributed by atoms with Crippen LogP contribution < -0.4 is 4.74 Å². The van der Waals surface area contributed by atoms with Gasteiger partial charge in [-0.2, -0.15) is 0 Å². The minimum Gasteiger partial charge on any atom is -0.496 e. The fraction of sp³-hybridized carbons (Fsp3) is 0.400. The maximum atomic E-state index is 10.5. The molecule has 0 saturated heterocycles. The average Bonchev–Trinajstić information content (AvgIpc) is 2.33. The molecule has 0 aromatic heterocycles. The molecule has 0 aliphatic rings. The zero-order chi connectivity index (χ0) is 14.5. The molecule has 0 amide bonds. The lowest BCUT2D eigenvalue weighted by atomic mass is 10.1. The number of aliphatic carboxylic acids is 1. The van der Waals surface area contributed by atoms with Gasteiger partial charge in [-0.15, -0.1) is 0 Å². The second-order valence-electron chi connectivity index (χ2n) is 5.14. The number of hydrogen-bond acceptors (Lipinski definition) is 3. The van der Waals surface area contributed by atoms with Crippen molar-refractivity contribution < 1.29 is 19.4 Å². The van der Waals surface area contributed by atoms with Crippen LogP contribution in [0.25, 0.3) is 6.08 Å². The van der Waals surface area contributed by atoms with Crippen LogP contribution in [0.15, 0.2) is 24.3 Å². The molecular weight excluding hydrogens is 244 g/mol. The van der Waals surface area contributed by atoms with Crippen molar-refractivity contribution in [2.45, 2.75) is 33.0 Å². The number of methoxy groups -OCH3 is 1. The van der Waals surface area contributed by atoms with Crippen LogP contribution in [0.3, 0.4) is 0 Å². The Bertz CT molecular complexity index is 470. The Kier molecular flexibility index (Phi) is 5.12. The maximum Gasteiger partial charge on any atom is 0.328 e. The van der Waals surface area contributed by atoms with Crippen molar-refractivity contribution >= 4 is 12.0 Å². The summed E-state index contributed by atoms with van der Waals surface area (Å²) in [6.07, 6.45) is 2.65. The van der Waals surface area contributed by atoms with Gasteiger partial charge in [-0.05, 0) is 44.5 Å². The molecule has 19 heavy (non-hydrogen) atoms. The van der Waals surface area contributed by atoms with E-state index in [4.69, 9.17) is 14.6 Å². The summed E-state index contributed by atoms with van der Waals surface area (Å²) in [5.41, 5.74) is 1.46. The van der Waals surface area contributed by atoms with E-state index < -0.39 is 5.97 Å². The zero-order valence-electron chi connectivity index (χ0n) is 11.8. The maximum absolute atomic E-state index is 10.5. The monoisotopic (exact) mass is 264 g/mol. The molecule has 4 nitrogen and oxygen atoms in total. The van der Waals surface area contributed by atoms with Gasteiger partial charge in [0, 0.05) is 11.6 Å². The quantitative estimate of drug-likeness (QED) is 0.830. The van der Waals surface area contributed by atoms with Gasteiger partial charge in [-0.1, -0.05) is 6.07 Å². The highest BCUT2D eigenvalue weighted by atomic mass is 16.5. The second kappa shape index (κ2) is 6.38. The molecule has 0 aliphatic carbocycles. The summed E-state index contributed by atoms with van der Waals surface area (Å²) in [5, 5.41) is 8.62. The largest absolute Gasteiger partial charge is 0.496 e. The molecule has 0 spiro atoms. The Morgan fingerprint density at radius 1 is 1.37 bits per heavy atom. The molecule has 1 N–H and O–H groups in total. The highest BCUT2D eigenvalue weighted by Gasteiger charge is 2.12. The molecule has 1 aromatic rings. The minimum atomic E-state index is -0.969. The van der Waals surface area contributed by atoms with E-state index in [1.54, 1.807) is 19.3 Å². The van der Waals surface area contributed by atoms with Crippen molar-refractivity contribution in [3.8, 4) is 5.75 Å². The number of benzene rings is 1. The van der Waals surface area contributed by atoms with Crippen LogP contribution in [0.4, 0.5) is 0 Å². The van der Waals surface area contributed by atoms with Gasteiger partial charge >= 0.3 is 5.97 Å². The van der Waals surface area contributed by atoms with Crippen LogP contribution in [-0.2, 0) is 16.1 Å². The SMILES string of the molecule is COc1ccc(/C=C/C(=O)O)cc1COC(C)(C)C. The topological polar surface area (TPSA) is 55.8 Å². The molecule has 0 unspecified atom stereocenters. The van der Waals surface area contributed by atoms with E-state index in [2.05, 4.69) is 0 Å². The smallest absolute Gasteiger partial charge is 0.328 e. The fourth-order valence-electron chi connectivity index (χ4n) is 1.48. The lowest BCUT2D eigenvalue weighted by molar-refractivity contribution is -0.131. The Hall–Kier alpha value is -1.81. The number of carboxylic acids is 1. The molecule has 0 heterocycles. The first-order valence-electron chi connectivity index (χ1n) is 6.04. The molecule has 0 fully saturated rings. The van der Waals surface area contributed by atoms with Crippen LogP contribution in [0.2, 0.25) is 0 Å².